The van der Waals surface area contributed by atoms with Crippen molar-refractivity contribution in [2.75, 3.05) is 4.72 Å². The third kappa shape index (κ3) is 3.91. The Morgan fingerprint density at radius 2 is 1.78 bits per heavy atom. The van der Waals surface area contributed by atoms with Crippen molar-refractivity contribution in [3.8, 4) is 0 Å². The zero-order valence-electron chi connectivity index (χ0n) is 12.2. The molecule has 3 aromatic rings. The highest BCUT2D eigenvalue weighted by atomic mass is 32.2. The number of hydrogen-bond donors (Lipinski definition) is 1. The normalized spacial score (nSPS) is 11.3. The molecule has 0 spiro atoms. The van der Waals surface area contributed by atoms with Gasteiger partial charge in [-0.25, -0.2) is 0 Å². The summed E-state index contributed by atoms with van der Waals surface area (Å²) in [6, 6.07) is 17.1. The molecule has 0 aliphatic rings. The Hall–Kier alpha value is -2.32. The van der Waals surface area contributed by atoms with Crippen LogP contribution in [-0.4, -0.2) is 23.4 Å². The zero-order valence-corrected chi connectivity index (χ0v) is 13.9. The van der Waals surface area contributed by atoms with E-state index in [1.165, 1.54) is 11.0 Å². The van der Waals surface area contributed by atoms with E-state index in [0.29, 0.717) is 5.69 Å². The maximum absolute atomic E-state index is 12.3. The first-order valence-corrected chi connectivity index (χ1v) is 9.05. The van der Waals surface area contributed by atoms with Crippen molar-refractivity contribution in [2.24, 2.45) is 7.05 Å². The molecule has 0 amide bonds. The van der Waals surface area contributed by atoms with Gasteiger partial charge in [-0.15, -0.1) is 5.10 Å². The van der Waals surface area contributed by atoms with E-state index in [1.54, 1.807) is 37.0 Å². The van der Waals surface area contributed by atoms with E-state index in [4.69, 9.17) is 0 Å². The van der Waals surface area contributed by atoms with Crippen LogP contribution in [0.15, 0.2) is 75.6 Å². The van der Waals surface area contributed by atoms with Crippen LogP contribution in [0.3, 0.4) is 0 Å². The first-order chi connectivity index (χ1) is 11.0. The zero-order chi connectivity index (χ0) is 16.3. The molecule has 3 rings (SSSR count). The number of benzene rings is 2. The van der Waals surface area contributed by atoms with E-state index < -0.39 is 10.0 Å². The standard InChI is InChI=1S/C15H14N4O2S2/c1-19-16-11-15(17-19)23(20,21)18-12-6-5-9-14(10-12)22-13-7-3-2-4-8-13/h2-11,18H,1H3. The van der Waals surface area contributed by atoms with Gasteiger partial charge in [-0.1, -0.05) is 36.0 Å². The molecule has 0 radical (unpaired) electrons. The van der Waals surface area contributed by atoms with Crippen molar-refractivity contribution in [3.05, 3.63) is 60.8 Å². The topological polar surface area (TPSA) is 76.9 Å². The lowest BCUT2D eigenvalue weighted by molar-refractivity contribution is 0.588. The van der Waals surface area contributed by atoms with Gasteiger partial charge < -0.3 is 0 Å². The number of aromatic nitrogens is 3. The van der Waals surface area contributed by atoms with Gasteiger partial charge in [-0.2, -0.15) is 18.3 Å². The number of aryl methyl sites for hydroxylation is 1. The second-order valence-electron chi connectivity index (χ2n) is 4.72. The second kappa shape index (κ2) is 6.43. The van der Waals surface area contributed by atoms with Crippen LogP contribution in [0.2, 0.25) is 0 Å². The molecular weight excluding hydrogens is 332 g/mol. The Bertz CT molecular complexity index is 908. The average Bonchev–Trinajstić information content (AvgIpc) is 2.96. The molecule has 0 atom stereocenters. The minimum Gasteiger partial charge on any atom is -0.278 e. The maximum atomic E-state index is 12.3. The summed E-state index contributed by atoms with van der Waals surface area (Å²) in [5, 5.41) is 7.49. The van der Waals surface area contributed by atoms with Crippen LogP contribution in [-0.2, 0) is 17.1 Å². The molecular formula is C15H14N4O2S2. The van der Waals surface area contributed by atoms with Crippen molar-refractivity contribution in [1.29, 1.82) is 0 Å². The highest BCUT2D eigenvalue weighted by Gasteiger charge is 2.18. The average molecular weight is 346 g/mol. The minimum absolute atomic E-state index is 0.110. The van der Waals surface area contributed by atoms with Gasteiger partial charge >= 0.3 is 0 Å². The maximum Gasteiger partial charge on any atom is 0.282 e. The van der Waals surface area contributed by atoms with E-state index in [2.05, 4.69) is 14.9 Å². The molecule has 0 aliphatic carbocycles. The Labute approximate surface area is 138 Å². The molecule has 118 valence electrons. The summed E-state index contributed by atoms with van der Waals surface area (Å²) in [4.78, 5) is 3.23. The molecule has 2 aromatic carbocycles. The molecule has 0 saturated heterocycles. The first kappa shape index (κ1) is 15.6. The second-order valence-corrected chi connectivity index (χ2v) is 7.50. The van der Waals surface area contributed by atoms with Crippen molar-refractivity contribution < 1.29 is 8.42 Å². The Kier molecular flexibility index (Phi) is 4.35. The lowest BCUT2D eigenvalue weighted by atomic mass is 10.3. The molecule has 0 fully saturated rings. The molecule has 0 unspecified atom stereocenters. The van der Waals surface area contributed by atoms with Gasteiger partial charge in [0.15, 0.2) is 0 Å². The van der Waals surface area contributed by atoms with Crippen molar-refractivity contribution in [3.63, 3.8) is 0 Å². The lowest BCUT2D eigenvalue weighted by Crippen LogP contribution is -2.13. The summed E-state index contributed by atoms with van der Waals surface area (Å²) in [5.74, 6) is 0. The molecule has 1 heterocycles. The molecule has 8 heteroatoms. The third-order valence-electron chi connectivity index (χ3n) is 2.92. The van der Waals surface area contributed by atoms with E-state index in [9.17, 15) is 8.42 Å². The van der Waals surface area contributed by atoms with Gasteiger partial charge in [0, 0.05) is 22.5 Å². The van der Waals surface area contributed by atoms with Crippen LogP contribution < -0.4 is 4.72 Å². The molecule has 6 nitrogen and oxygen atoms in total. The van der Waals surface area contributed by atoms with Gasteiger partial charge in [-0.3, -0.25) is 4.72 Å². The monoisotopic (exact) mass is 346 g/mol. The number of sulfonamides is 1. The summed E-state index contributed by atoms with van der Waals surface area (Å²) in [6.07, 6.45) is 1.21. The quantitative estimate of drug-likeness (QED) is 0.769. The van der Waals surface area contributed by atoms with Gasteiger partial charge in [0.1, 0.15) is 0 Å². The van der Waals surface area contributed by atoms with E-state index in [-0.39, 0.29) is 5.03 Å². The number of anilines is 1. The van der Waals surface area contributed by atoms with Crippen molar-refractivity contribution >= 4 is 27.5 Å². The fourth-order valence-electron chi connectivity index (χ4n) is 1.91. The van der Waals surface area contributed by atoms with Gasteiger partial charge in [0.2, 0.25) is 5.03 Å². The smallest absolute Gasteiger partial charge is 0.278 e. The molecule has 0 saturated carbocycles. The number of hydrogen-bond acceptors (Lipinski definition) is 5. The summed E-state index contributed by atoms with van der Waals surface area (Å²) < 4.78 is 27.0. The van der Waals surface area contributed by atoms with Crippen molar-refractivity contribution in [2.45, 2.75) is 14.8 Å². The summed E-state index contributed by atoms with van der Waals surface area (Å²) in [5.41, 5.74) is 0.483. The van der Waals surface area contributed by atoms with Crippen LogP contribution in [0.1, 0.15) is 0 Å². The molecule has 1 aromatic heterocycles. The van der Waals surface area contributed by atoms with Crippen LogP contribution in [0.5, 0.6) is 0 Å². The molecule has 0 aliphatic heterocycles. The Balaban J connectivity index is 1.80. The van der Waals surface area contributed by atoms with E-state index in [1.807, 2.05) is 36.4 Å². The Morgan fingerprint density at radius 1 is 1.04 bits per heavy atom. The minimum atomic E-state index is -3.74. The summed E-state index contributed by atoms with van der Waals surface area (Å²) in [6.45, 7) is 0. The van der Waals surface area contributed by atoms with Crippen LogP contribution in [0, 0.1) is 0 Å². The van der Waals surface area contributed by atoms with Crippen LogP contribution in [0.4, 0.5) is 5.69 Å². The SMILES string of the molecule is Cn1ncc(S(=O)(=O)Nc2cccc(Sc3ccccc3)c2)n1. The predicted molar refractivity (Wildman–Crippen MR) is 88.8 cm³/mol. The van der Waals surface area contributed by atoms with Gasteiger partial charge in [0.25, 0.3) is 10.0 Å². The number of rotatable bonds is 5. The summed E-state index contributed by atoms with van der Waals surface area (Å²) >= 11 is 1.56. The molecule has 1 N–H and O–H groups in total. The Morgan fingerprint density at radius 3 is 2.48 bits per heavy atom. The van der Waals surface area contributed by atoms with E-state index in [0.717, 1.165) is 9.79 Å². The fourth-order valence-corrected chi connectivity index (χ4v) is 3.76. The number of nitrogens with zero attached hydrogens (tertiary/aromatic N) is 3. The van der Waals surface area contributed by atoms with Gasteiger partial charge in [0.05, 0.1) is 6.20 Å². The predicted octanol–water partition coefficient (Wildman–Crippen LogP) is 2.77. The third-order valence-corrected chi connectivity index (χ3v) is 5.16. The van der Waals surface area contributed by atoms with Crippen LogP contribution >= 0.6 is 11.8 Å². The summed E-state index contributed by atoms with van der Waals surface area (Å²) in [7, 11) is -2.17. The van der Waals surface area contributed by atoms with Gasteiger partial charge in [-0.05, 0) is 30.3 Å². The highest BCUT2D eigenvalue weighted by molar-refractivity contribution is 7.99. The van der Waals surface area contributed by atoms with Crippen molar-refractivity contribution in [1.82, 2.24) is 15.0 Å². The molecule has 0 bridgehead atoms. The highest BCUT2D eigenvalue weighted by Crippen LogP contribution is 2.29. The largest absolute Gasteiger partial charge is 0.282 e. The first-order valence-electron chi connectivity index (χ1n) is 6.75. The fraction of sp³-hybridized carbons (Fsp3) is 0.0667. The van der Waals surface area contributed by atoms with E-state index >= 15 is 0 Å². The lowest BCUT2D eigenvalue weighted by Gasteiger charge is -2.07. The molecule has 23 heavy (non-hydrogen) atoms. The van der Waals surface area contributed by atoms with Crippen LogP contribution in [0.25, 0.3) is 0 Å². The number of nitrogens with one attached hydrogen (secondary N) is 1.